The normalized spacial score (nSPS) is 21.4. The van der Waals surface area contributed by atoms with E-state index in [-0.39, 0.29) is 25.6 Å². The van der Waals surface area contributed by atoms with Crippen LogP contribution in [0.15, 0.2) is 0 Å². The van der Waals surface area contributed by atoms with Crippen LogP contribution in [0.25, 0.3) is 0 Å². The summed E-state index contributed by atoms with van der Waals surface area (Å²) in [5, 5.41) is 6.08. The molecular weight excluding hydrogens is 212 g/mol. The third kappa shape index (κ3) is 6.62. The van der Waals surface area contributed by atoms with E-state index in [0.29, 0.717) is 0 Å². The number of rotatable bonds is 1. The van der Waals surface area contributed by atoms with Gasteiger partial charge in [-0.1, -0.05) is 0 Å². The van der Waals surface area contributed by atoms with Gasteiger partial charge in [-0.2, -0.15) is 13.5 Å². The lowest BCUT2D eigenvalue weighted by atomic mass is 10.1. The second kappa shape index (κ2) is 6.23. The summed E-state index contributed by atoms with van der Waals surface area (Å²) >= 11 is 0. The fourth-order valence-electron chi connectivity index (χ4n) is 1.45. The van der Waals surface area contributed by atoms with Crippen molar-refractivity contribution < 1.29 is 9.53 Å². The van der Waals surface area contributed by atoms with Gasteiger partial charge in [0.05, 0.1) is 0 Å². The van der Waals surface area contributed by atoms with Gasteiger partial charge in [-0.3, -0.25) is 0 Å². The molecule has 0 radical (unpaired) electrons. The molecule has 0 aromatic heterocycles. The van der Waals surface area contributed by atoms with Crippen molar-refractivity contribution in [1.29, 1.82) is 0 Å². The van der Waals surface area contributed by atoms with Crippen molar-refractivity contribution in [2.24, 2.45) is 0 Å². The van der Waals surface area contributed by atoms with Gasteiger partial charge in [0.25, 0.3) is 0 Å². The van der Waals surface area contributed by atoms with Gasteiger partial charge in [0.2, 0.25) is 0 Å². The third-order valence-electron chi connectivity index (χ3n) is 2.02. The first-order valence-corrected chi connectivity index (χ1v) is 5.17. The Morgan fingerprint density at radius 3 is 2.60 bits per heavy atom. The van der Waals surface area contributed by atoms with Gasteiger partial charge >= 0.3 is 6.09 Å². The van der Waals surface area contributed by atoms with Crippen molar-refractivity contribution in [3.8, 4) is 0 Å². The fraction of sp³-hybridized carbons (Fsp3) is 0.900. The molecule has 15 heavy (non-hydrogen) atoms. The Kier molecular flexibility index (Phi) is 6.05. The molecule has 1 aliphatic heterocycles. The van der Waals surface area contributed by atoms with Crippen molar-refractivity contribution in [2.75, 3.05) is 13.1 Å². The predicted octanol–water partition coefficient (Wildman–Crippen LogP) is 1.38. The number of nitrogens with one attached hydrogen (secondary N) is 2. The molecule has 90 valence electrons. The topological polar surface area (TPSA) is 50.4 Å². The Bertz CT molecular complexity index is 198. The molecule has 1 rings (SSSR count). The molecule has 2 N–H and O–H groups in total. The Morgan fingerprint density at radius 1 is 1.47 bits per heavy atom. The van der Waals surface area contributed by atoms with Crippen LogP contribution in [-0.4, -0.2) is 30.8 Å². The number of hydrogen-bond donors (Lipinski definition) is 2. The molecule has 4 nitrogen and oxygen atoms in total. The van der Waals surface area contributed by atoms with Gasteiger partial charge in [-0.15, -0.1) is 0 Å². The van der Waals surface area contributed by atoms with Crippen LogP contribution in [0.3, 0.4) is 0 Å². The van der Waals surface area contributed by atoms with E-state index in [2.05, 4.69) is 10.6 Å². The van der Waals surface area contributed by atoms with Crippen LogP contribution >= 0.6 is 13.5 Å². The zero-order valence-electron chi connectivity index (χ0n) is 9.72. The number of ether oxygens (including phenoxy) is 1. The van der Waals surface area contributed by atoms with E-state index < -0.39 is 5.60 Å². The number of hydrogen-bond acceptors (Lipinski definition) is 3. The molecule has 5 heteroatoms. The van der Waals surface area contributed by atoms with Crippen molar-refractivity contribution in [3.63, 3.8) is 0 Å². The minimum atomic E-state index is -0.411. The van der Waals surface area contributed by atoms with E-state index in [0.717, 1.165) is 25.9 Å². The molecule has 0 saturated carbocycles. The summed E-state index contributed by atoms with van der Waals surface area (Å²) in [6, 6.07) is 0.221. The molecule has 1 amide bonds. The summed E-state index contributed by atoms with van der Waals surface area (Å²) in [6.45, 7) is 7.49. The fourth-order valence-corrected chi connectivity index (χ4v) is 1.45. The van der Waals surface area contributed by atoms with Crippen molar-refractivity contribution in [1.82, 2.24) is 10.6 Å². The van der Waals surface area contributed by atoms with E-state index in [1.807, 2.05) is 20.8 Å². The van der Waals surface area contributed by atoms with E-state index in [1.54, 1.807) is 0 Å². The Labute approximate surface area is 98.6 Å². The van der Waals surface area contributed by atoms with Gasteiger partial charge in [-0.25, -0.2) is 4.79 Å². The minimum Gasteiger partial charge on any atom is -0.444 e. The standard InChI is InChI=1S/C10H20N2O2.H2S/c1-10(2,3)14-9(13)12-8-5-4-6-11-7-8;/h8,11H,4-7H2,1-3H3,(H,12,13);1H2/t8-;/m0./s1. The van der Waals surface area contributed by atoms with Crippen LogP contribution in [-0.2, 0) is 4.74 Å². The lowest BCUT2D eigenvalue weighted by molar-refractivity contribution is 0.0497. The van der Waals surface area contributed by atoms with Gasteiger partial charge < -0.3 is 15.4 Å². The highest BCUT2D eigenvalue weighted by atomic mass is 32.1. The maximum Gasteiger partial charge on any atom is 0.407 e. The maximum absolute atomic E-state index is 11.4. The molecule has 1 heterocycles. The summed E-state index contributed by atoms with van der Waals surface area (Å²) in [7, 11) is 0. The molecule has 0 aromatic carbocycles. The number of amides is 1. The van der Waals surface area contributed by atoms with Crippen LogP contribution < -0.4 is 10.6 Å². The average molecular weight is 234 g/mol. The molecule has 0 aromatic rings. The molecule has 0 spiro atoms. The predicted molar refractivity (Wildman–Crippen MR) is 65.6 cm³/mol. The zero-order valence-corrected chi connectivity index (χ0v) is 10.7. The lowest BCUT2D eigenvalue weighted by Crippen LogP contribution is -2.47. The first-order chi connectivity index (χ1) is 6.47. The van der Waals surface area contributed by atoms with Crippen molar-refractivity contribution in [2.45, 2.75) is 45.3 Å². The highest BCUT2D eigenvalue weighted by Crippen LogP contribution is 2.08. The first-order valence-electron chi connectivity index (χ1n) is 5.17. The van der Waals surface area contributed by atoms with E-state index >= 15 is 0 Å². The maximum atomic E-state index is 11.4. The van der Waals surface area contributed by atoms with Gasteiger partial charge in [-0.05, 0) is 40.2 Å². The Hall–Kier alpha value is -0.420. The lowest BCUT2D eigenvalue weighted by Gasteiger charge is -2.26. The quantitative estimate of drug-likeness (QED) is 0.720. The monoisotopic (exact) mass is 234 g/mol. The zero-order chi connectivity index (χ0) is 10.6. The van der Waals surface area contributed by atoms with E-state index in [4.69, 9.17) is 4.74 Å². The molecule has 1 atom stereocenters. The molecule has 0 aliphatic carbocycles. The Morgan fingerprint density at radius 2 is 2.13 bits per heavy atom. The smallest absolute Gasteiger partial charge is 0.407 e. The first kappa shape index (κ1) is 14.6. The minimum absolute atomic E-state index is 0. The number of carbonyl (C=O) groups is 1. The van der Waals surface area contributed by atoms with E-state index in [1.165, 1.54) is 0 Å². The Balaban J connectivity index is 0.00000196. The van der Waals surface area contributed by atoms with Crippen LogP contribution in [0.4, 0.5) is 4.79 Å². The van der Waals surface area contributed by atoms with E-state index in [9.17, 15) is 4.79 Å². The van der Waals surface area contributed by atoms with Crippen LogP contribution in [0.2, 0.25) is 0 Å². The summed E-state index contributed by atoms with van der Waals surface area (Å²) < 4.78 is 5.16. The highest BCUT2D eigenvalue weighted by Gasteiger charge is 2.20. The van der Waals surface area contributed by atoms with Crippen molar-refractivity contribution in [3.05, 3.63) is 0 Å². The highest BCUT2D eigenvalue weighted by molar-refractivity contribution is 7.59. The number of piperidine rings is 1. The van der Waals surface area contributed by atoms with Crippen LogP contribution in [0.5, 0.6) is 0 Å². The second-order valence-electron chi connectivity index (χ2n) is 4.69. The largest absolute Gasteiger partial charge is 0.444 e. The number of alkyl carbamates (subject to hydrolysis) is 1. The summed E-state index contributed by atoms with van der Waals surface area (Å²) in [4.78, 5) is 11.4. The summed E-state index contributed by atoms with van der Waals surface area (Å²) in [5.41, 5.74) is -0.411. The molecular formula is C10H22N2O2S. The summed E-state index contributed by atoms with van der Waals surface area (Å²) in [5.74, 6) is 0. The molecule has 0 unspecified atom stereocenters. The van der Waals surface area contributed by atoms with Gasteiger partial charge in [0, 0.05) is 12.6 Å². The van der Waals surface area contributed by atoms with Crippen LogP contribution in [0.1, 0.15) is 33.6 Å². The van der Waals surface area contributed by atoms with Crippen molar-refractivity contribution >= 4 is 19.6 Å². The SMILES string of the molecule is CC(C)(C)OC(=O)N[C@H]1CCCNC1.S. The third-order valence-corrected chi connectivity index (χ3v) is 2.02. The molecule has 1 aliphatic rings. The number of carbonyl (C=O) groups excluding carboxylic acids is 1. The molecule has 1 saturated heterocycles. The van der Waals surface area contributed by atoms with Gasteiger partial charge in [0.15, 0.2) is 0 Å². The van der Waals surface area contributed by atoms with Crippen LogP contribution in [0, 0.1) is 0 Å². The molecule has 0 bridgehead atoms. The summed E-state index contributed by atoms with van der Waals surface area (Å²) in [6.07, 6.45) is 1.83. The second-order valence-corrected chi connectivity index (χ2v) is 4.69. The molecule has 1 fully saturated rings. The van der Waals surface area contributed by atoms with Gasteiger partial charge in [0.1, 0.15) is 5.60 Å². The average Bonchev–Trinajstić information content (AvgIpc) is 2.02.